The van der Waals surface area contributed by atoms with E-state index in [1.54, 1.807) is 0 Å². The number of hydrogen-bond donors (Lipinski definition) is 0. The van der Waals surface area contributed by atoms with E-state index in [1.807, 2.05) is 6.07 Å². The van der Waals surface area contributed by atoms with Crippen LogP contribution in [0.15, 0.2) is 30.3 Å². The van der Waals surface area contributed by atoms with Gasteiger partial charge in [-0.1, -0.05) is 6.07 Å². The molecule has 31 heavy (non-hydrogen) atoms. The number of halogens is 3. The van der Waals surface area contributed by atoms with Crippen molar-refractivity contribution in [3.63, 3.8) is 0 Å². The van der Waals surface area contributed by atoms with Crippen molar-refractivity contribution < 1.29 is 27.4 Å². The first-order chi connectivity index (χ1) is 14.9. The Bertz CT molecular complexity index is 1030. The van der Waals surface area contributed by atoms with Gasteiger partial charge < -0.3 is 14.4 Å². The van der Waals surface area contributed by atoms with Gasteiger partial charge in [0.2, 0.25) is 0 Å². The Hall–Kier alpha value is -3.05. The summed E-state index contributed by atoms with van der Waals surface area (Å²) in [5.41, 5.74) is -0.979. The number of rotatable bonds is 4. The van der Waals surface area contributed by atoms with E-state index in [9.17, 15) is 18.8 Å². The number of benzene rings is 2. The first-order valence-corrected chi connectivity index (χ1v) is 10.00. The molecule has 2 fully saturated rings. The SMILES string of the molecule is COc1c(C#N)ccc(C2(F)CCOCC2)c1C(=O)N1CC(c2cc(F)cc(F)c2)C1. The first-order valence-electron chi connectivity index (χ1n) is 10.00. The topological polar surface area (TPSA) is 62.6 Å². The minimum Gasteiger partial charge on any atom is -0.495 e. The fourth-order valence-electron chi connectivity index (χ4n) is 4.26. The second kappa shape index (κ2) is 8.23. The van der Waals surface area contributed by atoms with Crippen molar-refractivity contribution in [3.05, 3.63) is 64.2 Å². The molecule has 0 bridgehead atoms. The summed E-state index contributed by atoms with van der Waals surface area (Å²) in [5.74, 6) is -2.02. The smallest absolute Gasteiger partial charge is 0.258 e. The van der Waals surface area contributed by atoms with Gasteiger partial charge in [0.1, 0.15) is 29.1 Å². The molecule has 2 aliphatic heterocycles. The van der Waals surface area contributed by atoms with Crippen LogP contribution in [0.5, 0.6) is 5.75 Å². The molecule has 0 spiro atoms. The Balaban J connectivity index is 1.66. The van der Waals surface area contributed by atoms with E-state index >= 15 is 4.39 Å². The van der Waals surface area contributed by atoms with Crippen LogP contribution in [0.2, 0.25) is 0 Å². The molecule has 162 valence electrons. The average Bonchev–Trinajstić information content (AvgIpc) is 2.71. The largest absolute Gasteiger partial charge is 0.495 e. The van der Waals surface area contributed by atoms with Crippen molar-refractivity contribution >= 4 is 5.91 Å². The lowest BCUT2D eigenvalue weighted by molar-refractivity contribution is -0.0123. The van der Waals surface area contributed by atoms with Crippen molar-refractivity contribution in [1.29, 1.82) is 5.26 Å². The summed E-state index contributed by atoms with van der Waals surface area (Å²) in [5, 5.41) is 9.43. The molecule has 0 radical (unpaired) electrons. The number of nitriles is 1. The number of likely N-dealkylation sites (tertiary alicyclic amines) is 1. The van der Waals surface area contributed by atoms with Crippen LogP contribution in [-0.4, -0.2) is 44.2 Å². The predicted octanol–water partition coefficient (Wildman–Crippen LogP) is 4.06. The van der Waals surface area contributed by atoms with E-state index < -0.39 is 23.2 Å². The predicted molar refractivity (Wildman–Crippen MR) is 106 cm³/mol. The third kappa shape index (κ3) is 3.86. The van der Waals surface area contributed by atoms with E-state index in [2.05, 4.69) is 0 Å². The lowest BCUT2D eigenvalue weighted by atomic mass is 9.82. The molecule has 0 aromatic heterocycles. The number of hydrogen-bond acceptors (Lipinski definition) is 4. The Morgan fingerprint density at radius 3 is 2.42 bits per heavy atom. The molecule has 0 unspecified atom stereocenters. The van der Waals surface area contributed by atoms with Gasteiger partial charge in [0.05, 0.1) is 18.2 Å². The highest BCUT2D eigenvalue weighted by Crippen LogP contribution is 2.43. The number of alkyl halides is 1. The Morgan fingerprint density at radius 2 is 1.84 bits per heavy atom. The number of carbonyl (C=O) groups is 1. The lowest BCUT2D eigenvalue weighted by Crippen LogP contribution is -2.49. The maximum absolute atomic E-state index is 15.8. The van der Waals surface area contributed by atoms with Crippen LogP contribution < -0.4 is 4.74 Å². The summed E-state index contributed by atoms with van der Waals surface area (Å²) in [4.78, 5) is 14.9. The summed E-state index contributed by atoms with van der Waals surface area (Å²) in [6.45, 7) is 0.903. The second-order valence-corrected chi connectivity index (χ2v) is 7.87. The molecule has 4 rings (SSSR count). The Morgan fingerprint density at radius 1 is 1.19 bits per heavy atom. The van der Waals surface area contributed by atoms with E-state index in [1.165, 1.54) is 36.3 Å². The average molecular weight is 430 g/mol. The van der Waals surface area contributed by atoms with Crippen LogP contribution in [0.25, 0.3) is 0 Å². The maximum Gasteiger partial charge on any atom is 0.258 e. The van der Waals surface area contributed by atoms with Crippen molar-refractivity contribution in [3.8, 4) is 11.8 Å². The zero-order chi connectivity index (χ0) is 22.2. The highest BCUT2D eigenvalue weighted by Gasteiger charge is 2.42. The van der Waals surface area contributed by atoms with Crippen LogP contribution in [0, 0.1) is 23.0 Å². The Labute approximate surface area is 178 Å². The van der Waals surface area contributed by atoms with Gasteiger partial charge in [0.25, 0.3) is 5.91 Å². The first kappa shape index (κ1) is 21.2. The van der Waals surface area contributed by atoms with Gasteiger partial charge in [0, 0.05) is 56.7 Å². The molecule has 2 aliphatic rings. The summed E-state index contributed by atoms with van der Waals surface area (Å²) in [7, 11) is 1.33. The van der Waals surface area contributed by atoms with Crippen LogP contribution in [0.3, 0.4) is 0 Å². The van der Waals surface area contributed by atoms with Crippen LogP contribution in [0.4, 0.5) is 13.2 Å². The van der Waals surface area contributed by atoms with Crippen molar-refractivity contribution in [2.24, 2.45) is 0 Å². The van der Waals surface area contributed by atoms with Crippen LogP contribution >= 0.6 is 0 Å². The summed E-state index contributed by atoms with van der Waals surface area (Å²) in [6, 6.07) is 8.19. The van der Waals surface area contributed by atoms with Crippen molar-refractivity contribution in [2.45, 2.75) is 24.4 Å². The minimum atomic E-state index is -1.78. The third-order valence-electron chi connectivity index (χ3n) is 5.99. The highest BCUT2D eigenvalue weighted by molar-refractivity contribution is 6.00. The summed E-state index contributed by atoms with van der Waals surface area (Å²) in [6.07, 6.45) is 0.182. The van der Waals surface area contributed by atoms with Gasteiger partial charge in [0.15, 0.2) is 0 Å². The number of amides is 1. The molecule has 8 heteroatoms. The highest BCUT2D eigenvalue weighted by atomic mass is 19.1. The number of carbonyl (C=O) groups excluding carboxylic acids is 1. The van der Waals surface area contributed by atoms with E-state index in [0.29, 0.717) is 5.56 Å². The van der Waals surface area contributed by atoms with Crippen LogP contribution in [0.1, 0.15) is 45.8 Å². The molecule has 2 saturated heterocycles. The number of methoxy groups -OCH3 is 1. The standard InChI is InChI=1S/C23H21F3N2O3/c1-30-21-14(11-27)2-3-19(23(26)4-6-31-7-5-23)20(21)22(29)28-12-16(13-28)15-8-17(24)10-18(25)9-15/h2-3,8-10,16H,4-7,12-13H2,1H3. The summed E-state index contributed by atoms with van der Waals surface area (Å²) < 4.78 is 53.5. The molecule has 2 heterocycles. The monoisotopic (exact) mass is 430 g/mol. The van der Waals surface area contributed by atoms with E-state index in [4.69, 9.17) is 9.47 Å². The van der Waals surface area contributed by atoms with Gasteiger partial charge in [-0.3, -0.25) is 4.79 Å². The van der Waals surface area contributed by atoms with Gasteiger partial charge in [-0.15, -0.1) is 0 Å². The number of nitrogens with zero attached hydrogens (tertiary/aromatic N) is 2. The minimum absolute atomic E-state index is 0.0230. The fourth-order valence-corrected chi connectivity index (χ4v) is 4.26. The summed E-state index contributed by atoms with van der Waals surface area (Å²) >= 11 is 0. The molecule has 1 amide bonds. The van der Waals surface area contributed by atoms with E-state index in [0.717, 1.165) is 6.07 Å². The second-order valence-electron chi connectivity index (χ2n) is 7.87. The third-order valence-corrected chi connectivity index (χ3v) is 5.99. The van der Waals surface area contributed by atoms with E-state index in [-0.39, 0.29) is 67.5 Å². The van der Waals surface area contributed by atoms with Crippen LogP contribution in [-0.2, 0) is 10.4 Å². The molecule has 0 saturated carbocycles. The number of ether oxygens (including phenoxy) is 2. The molecular weight excluding hydrogens is 409 g/mol. The van der Waals surface area contributed by atoms with Crippen molar-refractivity contribution in [2.75, 3.05) is 33.4 Å². The molecule has 5 nitrogen and oxygen atoms in total. The molecule has 0 N–H and O–H groups in total. The molecular formula is C23H21F3N2O3. The molecule has 0 atom stereocenters. The molecule has 0 aliphatic carbocycles. The normalized spacial score (nSPS) is 18.2. The lowest BCUT2D eigenvalue weighted by Gasteiger charge is -2.41. The van der Waals surface area contributed by atoms with Gasteiger partial charge in [-0.2, -0.15) is 5.26 Å². The maximum atomic E-state index is 15.8. The molecule has 2 aromatic rings. The molecule has 2 aromatic carbocycles. The van der Waals surface area contributed by atoms with Gasteiger partial charge in [-0.05, 0) is 23.8 Å². The van der Waals surface area contributed by atoms with Gasteiger partial charge >= 0.3 is 0 Å². The van der Waals surface area contributed by atoms with Crippen molar-refractivity contribution in [1.82, 2.24) is 4.90 Å². The zero-order valence-corrected chi connectivity index (χ0v) is 17.0. The van der Waals surface area contributed by atoms with Gasteiger partial charge in [-0.25, -0.2) is 13.2 Å². The quantitative estimate of drug-likeness (QED) is 0.734. The zero-order valence-electron chi connectivity index (χ0n) is 17.0. The Kier molecular flexibility index (Phi) is 5.63. The fraction of sp³-hybridized carbons (Fsp3) is 0.391.